The zero-order valence-electron chi connectivity index (χ0n) is 8.95. The van der Waals surface area contributed by atoms with E-state index in [0.29, 0.717) is 6.10 Å². The van der Waals surface area contributed by atoms with Crippen LogP contribution in [-0.4, -0.2) is 23.4 Å². The van der Waals surface area contributed by atoms with Crippen molar-refractivity contribution in [1.29, 1.82) is 0 Å². The lowest BCUT2D eigenvalue weighted by atomic mass is 10.00. The average molecular weight is 198 g/mol. The average Bonchev–Trinajstić information content (AvgIpc) is 2.92. The summed E-state index contributed by atoms with van der Waals surface area (Å²) in [5, 5.41) is 9.78. The monoisotopic (exact) mass is 198 g/mol. The minimum atomic E-state index is -0.181. The molecule has 14 heavy (non-hydrogen) atoms. The highest BCUT2D eigenvalue weighted by atomic mass is 16.6. The van der Waals surface area contributed by atoms with Gasteiger partial charge in [0.05, 0.1) is 12.2 Å². The van der Waals surface area contributed by atoms with Crippen molar-refractivity contribution in [3.05, 3.63) is 0 Å². The molecular formula is C12H22O2. The summed E-state index contributed by atoms with van der Waals surface area (Å²) >= 11 is 0. The molecule has 2 fully saturated rings. The standard InChI is InChI=1S/C12H22O2/c13-10-8-6-4-2-1-3-5-7-9-11-12(10)14-11/h10-13H,1-9H2/t10-,11-,12+/m0/s1. The van der Waals surface area contributed by atoms with Gasteiger partial charge in [0, 0.05) is 0 Å². The molecule has 0 radical (unpaired) electrons. The Hall–Kier alpha value is -0.0800. The second kappa shape index (κ2) is 5.13. The summed E-state index contributed by atoms with van der Waals surface area (Å²) < 4.78 is 5.49. The van der Waals surface area contributed by atoms with E-state index in [-0.39, 0.29) is 12.2 Å². The molecule has 0 spiro atoms. The fraction of sp³-hybridized carbons (Fsp3) is 1.00. The van der Waals surface area contributed by atoms with E-state index in [4.69, 9.17) is 4.74 Å². The summed E-state index contributed by atoms with van der Waals surface area (Å²) in [6.07, 6.45) is 11.7. The third-order valence-corrected chi connectivity index (χ3v) is 3.49. The summed E-state index contributed by atoms with van der Waals surface area (Å²) in [5.74, 6) is 0. The molecule has 2 heteroatoms. The van der Waals surface area contributed by atoms with E-state index in [1.165, 1.54) is 51.4 Å². The molecule has 0 bridgehead atoms. The highest BCUT2D eigenvalue weighted by Gasteiger charge is 2.43. The lowest BCUT2D eigenvalue weighted by Crippen LogP contribution is -2.16. The van der Waals surface area contributed by atoms with Gasteiger partial charge < -0.3 is 9.84 Å². The van der Waals surface area contributed by atoms with Crippen LogP contribution in [0.5, 0.6) is 0 Å². The van der Waals surface area contributed by atoms with Crippen LogP contribution < -0.4 is 0 Å². The summed E-state index contributed by atoms with van der Waals surface area (Å²) in [7, 11) is 0. The Bertz CT molecular complexity index is 170. The Morgan fingerprint density at radius 1 is 0.786 bits per heavy atom. The SMILES string of the molecule is O[C@H]1CCCCCCCCC[C@@H]2O[C@@H]21. The first-order valence-electron chi connectivity index (χ1n) is 6.21. The molecule has 2 aliphatic rings. The molecule has 2 rings (SSSR count). The maximum atomic E-state index is 9.78. The summed E-state index contributed by atoms with van der Waals surface area (Å²) in [6.45, 7) is 0. The van der Waals surface area contributed by atoms with E-state index >= 15 is 0 Å². The molecule has 1 saturated heterocycles. The molecule has 82 valence electrons. The zero-order valence-corrected chi connectivity index (χ0v) is 8.95. The largest absolute Gasteiger partial charge is 0.390 e. The lowest BCUT2D eigenvalue weighted by molar-refractivity contribution is 0.123. The van der Waals surface area contributed by atoms with Crippen molar-refractivity contribution in [2.75, 3.05) is 0 Å². The maximum absolute atomic E-state index is 9.78. The number of hydrogen-bond acceptors (Lipinski definition) is 2. The van der Waals surface area contributed by atoms with Crippen LogP contribution in [0.15, 0.2) is 0 Å². The quantitative estimate of drug-likeness (QED) is 0.607. The summed E-state index contributed by atoms with van der Waals surface area (Å²) in [4.78, 5) is 0. The van der Waals surface area contributed by atoms with Gasteiger partial charge in [-0.2, -0.15) is 0 Å². The van der Waals surface area contributed by atoms with Crippen molar-refractivity contribution in [3.8, 4) is 0 Å². The molecule has 0 amide bonds. The summed E-state index contributed by atoms with van der Waals surface area (Å²) in [6, 6.07) is 0. The predicted molar refractivity (Wildman–Crippen MR) is 56.2 cm³/mol. The van der Waals surface area contributed by atoms with E-state index in [1.54, 1.807) is 0 Å². The first kappa shape index (κ1) is 10.4. The predicted octanol–water partition coefficient (Wildman–Crippen LogP) is 2.64. The van der Waals surface area contributed by atoms with Gasteiger partial charge in [-0.25, -0.2) is 0 Å². The van der Waals surface area contributed by atoms with Crippen LogP contribution >= 0.6 is 0 Å². The third kappa shape index (κ3) is 2.96. The molecule has 2 nitrogen and oxygen atoms in total. The van der Waals surface area contributed by atoms with Gasteiger partial charge in [-0.1, -0.05) is 44.9 Å². The Morgan fingerprint density at radius 2 is 1.36 bits per heavy atom. The second-order valence-corrected chi connectivity index (χ2v) is 4.76. The van der Waals surface area contributed by atoms with Crippen molar-refractivity contribution < 1.29 is 9.84 Å². The molecule has 1 aliphatic carbocycles. The molecular weight excluding hydrogens is 176 g/mol. The number of aliphatic hydroxyl groups excluding tert-OH is 1. The Labute approximate surface area is 86.6 Å². The van der Waals surface area contributed by atoms with E-state index < -0.39 is 0 Å². The van der Waals surface area contributed by atoms with E-state index in [0.717, 1.165) is 6.42 Å². The molecule has 1 saturated carbocycles. The van der Waals surface area contributed by atoms with Gasteiger partial charge in [0.25, 0.3) is 0 Å². The van der Waals surface area contributed by atoms with Crippen LogP contribution in [0.3, 0.4) is 0 Å². The van der Waals surface area contributed by atoms with Crippen LogP contribution in [0, 0.1) is 0 Å². The topological polar surface area (TPSA) is 32.8 Å². The number of rotatable bonds is 0. The number of hydrogen-bond donors (Lipinski definition) is 1. The number of aliphatic hydroxyl groups is 1. The maximum Gasteiger partial charge on any atom is 0.110 e. The van der Waals surface area contributed by atoms with E-state index in [1.807, 2.05) is 0 Å². The van der Waals surface area contributed by atoms with Crippen molar-refractivity contribution in [1.82, 2.24) is 0 Å². The van der Waals surface area contributed by atoms with Crippen LogP contribution in [0.25, 0.3) is 0 Å². The molecule has 0 aromatic rings. The van der Waals surface area contributed by atoms with Crippen molar-refractivity contribution in [2.24, 2.45) is 0 Å². The van der Waals surface area contributed by atoms with Gasteiger partial charge in [-0.15, -0.1) is 0 Å². The normalized spacial score (nSPS) is 40.5. The number of fused-ring (bicyclic) bond motifs is 1. The van der Waals surface area contributed by atoms with Crippen molar-refractivity contribution >= 4 is 0 Å². The highest BCUT2D eigenvalue weighted by Crippen LogP contribution is 2.32. The highest BCUT2D eigenvalue weighted by molar-refractivity contribution is 4.90. The molecule has 0 aromatic carbocycles. The number of epoxide rings is 1. The van der Waals surface area contributed by atoms with Gasteiger partial charge in [-0.05, 0) is 12.8 Å². The molecule has 1 heterocycles. The fourth-order valence-electron chi connectivity index (χ4n) is 2.47. The van der Waals surface area contributed by atoms with Crippen LogP contribution in [0.4, 0.5) is 0 Å². The van der Waals surface area contributed by atoms with Crippen LogP contribution in [0.1, 0.15) is 57.8 Å². The van der Waals surface area contributed by atoms with Crippen molar-refractivity contribution in [2.45, 2.75) is 76.1 Å². The van der Waals surface area contributed by atoms with Gasteiger partial charge >= 0.3 is 0 Å². The first-order chi connectivity index (χ1) is 6.88. The van der Waals surface area contributed by atoms with Crippen LogP contribution in [-0.2, 0) is 4.74 Å². The minimum absolute atomic E-state index is 0.181. The van der Waals surface area contributed by atoms with Gasteiger partial charge in [0.1, 0.15) is 6.10 Å². The molecule has 1 aliphatic heterocycles. The van der Waals surface area contributed by atoms with Gasteiger partial charge in [0.2, 0.25) is 0 Å². The zero-order chi connectivity index (χ0) is 9.80. The van der Waals surface area contributed by atoms with Crippen molar-refractivity contribution in [3.63, 3.8) is 0 Å². The van der Waals surface area contributed by atoms with E-state index in [9.17, 15) is 5.11 Å². The van der Waals surface area contributed by atoms with E-state index in [2.05, 4.69) is 0 Å². The van der Waals surface area contributed by atoms with Gasteiger partial charge in [0.15, 0.2) is 0 Å². The Morgan fingerprint density at radius 3 is 2.07 bits per heavy atom. The molecule has 3 atom stereocenters. The molecule has 0 unspecified atom stereocenters. The lowest BCUT2D eigenvalue weighted by Gasteiger charge is -2.08. The third-order valence-electron chi connectivity index (χ3n) is 3.49. The second-order valence-electron chi connectivity index (χ2n) is 4.76. The van der Waals surface area contributed by atoms with Gasteiger partial charge in [-0.3, -0.25) is 0 Å². The number of ether oxygens (including phenoxy) is 1. The van der Waals surface area contributed by atoms with Crippen LogP contribution in [0.2, 0.25) is 0 Å². The minimum Gasteiger partial charge on any atom is -0.390 e. The molecule has 1 N–H and O–H groups in total. The molecule has 0 aromatic heterocycles. The smallest absolute Gasteiger partial charge is 0.110 e. The summed E-state index contributed by atoms with van der Waals surface area (Å²) in [5.41, 5.74) is 0. The Balaban J connectivity index is 1.74. The Kier molecular flexibility index (Phi) is 3.82. The fourth-order valence-corrected chi connectivity index (χ4v) is 2.47. The first-order valence-corrected chi connectivity index (χ1v) is 6.21.